The van der Waals surface area contributed by atoms with Crippen LogP contribution in [0.25, 0.3) is 0 Å². The highest BCUT2D eigenvalue weighted by Gasteiger charge is 2.46. The lowest BCUT2D eigenvalue weighted by Crippen LogP contribution is -2.22. The van der Waals surface area contributed by atoms with E-state index in [0.717, 1.165) is 12.8 Å². The van der Waals surface area contributed by atoms with E-state index >= 15 is 0 Å². The molecule has 1 aromatic carbocycles. The lowest BCUT2D eigenvalue weighted by atomic mass is 9.95. The number of benzene rings is 1. The molecule has 1 heterocycles. The zero-order valence-corrected chi connectivity index (χ0v) is 12.2. The first-order valence-corrected chi connectivity index (χ1v) is 7.12. The summed E-state index contributed by atoms with van der Waals surface area (Å²) in [5.41, 5.74) is 0.910. The van der Waals surface area contributed by atoms with Gasteiger partial charge in [0, 0.05) is 23.7 Å². The SMILES string of the molecule is Cc1ccnc(NCC2(c3ccccc3F)CC2)c1[N+](=O)[O-]. The maximum absolute atomic E-state index is 14.0. The van der Waals surface area contributed by atoms with Gasteiger partial charge in [0.05, 0.1) is 4.92 Å². The molecule has 5 nitrogen and oxygen atoms in total. The van der Waals surface area contributed by atoms with E-state index in [1.807, 2.05) is 6.07 Å². The maximum atomic E-state index is 14.0. The third kappa shape index (κ3) is 2.52. The third-order valence-corrected chi connectivity index (χ3v) is 4.20. The van der Waals surface area contributed by atoms with E-state index in [1.54, 1.807) is 25.1 Å². The Morgan fingerprint density at radius 2 is 2.09 bits per heavy atom. The first-order chi connectivity index (χ1) is 10.5. The molecule has 6 heteroatoms. The van der Waals surface area contributed by atoms with E-state index in [9.17, 15) is 14.5 Å². The molecule has 1 N–H and O–H groups in total. The Kier molecular flexibility index (Phi) is 3.52. The maximum Gasteiger partial charge on any atom is 0.314 e. The van der Waals surface area contributed by atoms with Gasteiger partial charge in [-0.15, -0.1) is 0 Å². The molecule has 0 aliphatic heterocycles. The molecule has 22 heavy (non-hydrogen) atoms. The average molecular weight is 301 g/mol. The number of nitrogens with one attached hydrogen (secondary N) is 1. The van der Waals surface area contributed by atoms with E-state index in [0.29, 0.717) is 17.7 Å². The number of nitrogens with zero attached hydrogens (tertiary/aromatic N) is 2. The molecule has 0 atom stereocenters. The van der Waals surface area contributed by atoms with Crippen molar-refractivity contribution in [2.45, 2.75) is 25.2 Å². The highest BCUT2D eigenvalue weighted by Crippen LogP contribution is 2.49. The number of pyridine rings is 1. The summed E-state index contributed by atoms with van der Waals surface area (Å²) in [4.78, 5) is 14.8. The summed E-state index contributed by atoms with van der Waals surface area (Å²) in [7, 11) is 0. The van der Waals surface area contributed by atoms with E-state index < -0.39 is 4.92 Å². The van der Waals surface area contributed by atoms with Gasteiger partial charge in [-0.1, -0.05) is 18.2 Å². The van der Waals surface area contributed by atoms with E-state index in [4.69, 9.17) is 0 Å². The van der Waals surface area contributed by atoms with Gasteiger partial charge >= 0.3 is 5.69 Å². The summed E-state index contributed by atoms with van der Waals surface area (Å²) in [5.74, 6) is 0.0149. The van der Waals surface area contributed by atoms with Crippen LogP contribution < -0.4 is 5.32 Å². The van der Waals surface area contributed by atoms with Crippen molar-refractivity contribution < 1.29 is 9.31 Å². The topological polar surface area (TPSA) is 68.1 Å². The molecule has 2 aromatic rings. The van der Waals surface area contributed by atoms with Crippen LogP contribution in [0.4, 0.5) is 15.9 Å². The van der Waals surface area contributed by atoms with Crippen LogP contribution in [0.5, 0.6) is 0 Å². The number of hydrogen-bond donors (Lipinski definition) is 1. The molecule has 0 radical (unpaired) electrons. The molecular weight excluding hydrogens is 285 g/mol. The lowest BCUT2D eigenvalue weighted by molar-refractivity contribution is -0.384. The second kappa shape index (κ2) is 5.36. The Labute approximate surface area is 127 Å². The summed E-state index contributed by atoms with van der Waals surface area (Å²) in [6.07, 6.45) is 3.26. The summed E-state index contributed by atoms with van der Waals surface area (Å²) in [5, 5.41) is 14.2. The second-order valence-corrected chi connectivity index (χ2v) is 5.70. The van der Waals surface area contributed by atoms with Gasteiger partial charge in [0.1, 0.15) is 5.82 Å². The highest BCUT2D eigenvalue weighted by atomic mass is 19.1. The third-order valence-electron chi connectivity index (χ3n) is 4.20. The highest BCUT2D eigenvalue weighted by molar-refractivity contribution is 5.60. The molecule has 0 unspecified atom stereocenters. The normalized spacial score (nSPS) is 15.4. The molecular formula is C16H16FN3O2. The number of nitro groups is 1. The van der Waals surface area contributed by atoms with E-state index in [1.165, 1.54) is 12.3 Å². The standard InChI is InChI=1S/C16H16FN3O2/c1-11-6-9-18-15(14(11)20(21)22)19-10-16(7-8-16)12-4-2-3-5-13(12)17/h2-6,9H,7-8,10H2,1H3,(H,18,19). The molecule has 1 fully saturated rings. The zero-order chi connectivity index (χ0) is 15.7. The fourth-order valence-corrected chi connectivity index (χ4v) is 2.75. The van der Waals surface area contributed by atoms with Crippen molar-refractivity contribution in [1.29, 1.82) is 0 Å². The predicted octanol–water partition coefficient (Wildman–Crippen LogP) is 3.58. The minimum Gasteiger partial charge on any atom is -0.363 e. The molecule has 114 valence electrons. The van der Waals surface area contributed by atoms with Crippen molar-refractivity contribution in [1.82, 2.24) is 4.98 Å². The minimum atomic E-state index is -0.437. The summed E-state index contributed by atoms with van der Waals surface area (Å²) in [6, 6.07) is 8.30. The van der Waals surface area contributed by atoms with Gasteiger partial charge in [-0.2, -0.15) is 0 Å². The first kappa shape index (κ1) is 14.4. The number of halogens is 1. The zero-order valence-electron chi connectivity index (χ0n) is 12.2. The number of aromatic nitrogens is 1. The van der Waals surface area contributed by atoms with Crippen LogP contribution in [0, 0.1) is 22.9 Å². The predicted molar refractivity (Wildman–Crippen MR) is 81.4 cm³/mol. The van der Waals surface area contributed by atoms with Gasteiger partial charge in [-0.25, -0.2) is 9.37 Å². The smallest absolute Gasteiger partial charge is 0.314 e. The monoisotopic (exact) mass is 301 g/mol. The number of aryl methyl sites for hydroxylation is 1. The van der Waals surface area contributed by atoms with Crippen LogP contribution >= 0.6 is 0 Å². The van der Waals surface area contributed by atoms with Gasteiger partial charge in [0.15, 0.2) is 0 Å². The molecule has 1 aliphatic rings. The quantitative estimate of drug-likeness (QED) is 0.677. The van der Waals surface area contributed by atoms with Crippen molar-refractivity contribution in [2.75, 3.05) is 11.9 Å². The fraction of sp³-hybridized carbons (Fsp3) is 0.312. The van der Waals surface area contributed by atoms with Gasteiger partial charge < -0.3 is 5.32 Å². The Hall–Kier alpha value is -2.50. The Balaban J connectivity index is 1.83. The fourth-order valence-electron chi connectivity index (χ4n) is 2.75. The van der Waals surface area contributed by atoms with Gasteiger partial charge in [-0.05, 0) is 37.5 Å². The molecule has 0 spiro atoms. The Morgan fingerprint density at radius 3 is 2.73 bits per heavy atom. The van der Waals surface area contributed by atoms with Crippen LogP contribution in [0.3, 0.4) is 0 Å². The molecule has 1 aromatic heterocycles. The van der Waals surface area contributed by atoms with Crippen molar-refractivity contribution in [3.8, 4) is 0 Å². The Bertz CT molecular complexity index is 729. The second-order valence-electron chi connectivity index (χ2n) is 5.70. The molecule has 0 bridgehead atoms. The Morgan fingerprint density at radius 1 is 1.36 bits per heavy atom. The average Bonchev–Trinajstić information content (AvgIpc) is 3.26. The molecule has 3 rings (SSSR count). The van der Waals surface area contributed by atoms with E-state index in [-0.39, 0.29) is 22.7 Å². The van der Waals surface area contributed by atoms with Gasteiger partial charge in [-0.3, -0.25) is 10.1 Å². The van der Waals surface area contributed by atoms with Crippen molar-refractivity contribution in [3.05, 3.63) is 63.6 Å². The van der Waals surface area contributed by atoms with Crippen LogP contribution in [0.1, 0.15) is 24.0 Å². The molecule has 0 saturated heterocycles. The van der Waals surface area contributed by atoms with Crippen molar-refractivity contribution in [2.24, 2.45) is 0 Å². The van der Waals surface area contributed by atoms with Crippen LogP contribution in [0.2, 0.25) is 0 Å². The van der Waals surface area contributed by atoms with Gasteiger partial charge in [0.2, 0.25) is 5.82 Å². The van der Waals surface area contributed by atoms with Gasteiger partial charge in [0.25, 0.3) is 0 Å². The summed E-state index contributed by atoms with van der Waals surface area (Å²) in [6.45, 7) is 2.11. The number of anilines is 1. The van der Waals surface area contributed by atoms with Crippen LogP contribution in [-0.2, 0) is 5.41 Å². The molecule has 0 amide bonds. The largest absolute Gasteiger partial charge is 0.363 e. The summed E-state index contributed by atoms with van der Waals surface area (Å²) < 4.78 is 14.0. The number of hydrogen-bond acceptors (Lipinski definition) is 4. The molecule has 1 aliphatic carbocycles. The van der Waals surface area contributed by atoms with E-state index in [2.05, 4.69) is 10.3 Å². The van der Waals surface area contributed by atoms with Crippen molar-refractivity contribution >= 4 is 11.5 Å². The molecule has 1 saturated carbocycles. The lowest BCUT2D eigenvalue weighted by Gasteiger charge is -2.17. The van der Waals surface area contributed by atoms with Crippen LogP contribution in [-0.4, -0.2) is 16.5 Å². The first-order valence-electron chi connectivity index (χ1n) is 7.12. The minimum absolute atomic E-state index is 0.0215. The number of rotatable bonds is 5. The summed E-state index contributed by atoms with van der Waals surface area (Å²) >= 11 is 0. The van der Waals surface area contributed by atoms with Crippen LogP contribution in [0.15, 0.2) is 36.5 Å². The van der Waals surface area contributed by atoms with Crippen molar-refractivity contribution in [3.63, 3.8) is 0 Å².